The van der Waals surface area contributed by atoms with E-state index in [9.17, 15) is 12.8 Å². The molecule has 4 aromatic rings. The third-order valence-corrected chi connectivity index (χ3v) is 7.86. The summed E-state index contributed by atoms with van der Waals surface area (Å²) in [6.07, 6.45) is 1.88. The fraction of sp³-hybridized carbons (Fsp3) is 0.192. The molecule has 0 bridgehead atoms. The van der Waals surface area contributed by atoms with Gasteiger partial charge in [0, 0.05) is 29.6 Å². The van der Waals surface area contributed by atoms with Gasteiger partial charge in [0.25, 0.3) is 10.0 Å². The number of hydrogen-bond acceptors (Lipinski definition) is 7. The first-order valence-corrected chi connectivity index (χ1v) is 13.4. The van der Waals surface area contributed by atoms with E-state index in [-0.39, 0.29) is 15.8 Å². The van der Waals surface area contributed by atoms with Gasteiger partial charge in [-0.1, -0.05) is 36.4 Å². The number of halogens is 1. The van der Waals surface area contributed by atoms with Crippen molar-refractivity contribution in [3.05, 3.63) is 94.7 Å². The van der Waals surface area contributed by atoms with Crippen LogP contribution in [0.2, 0.25) is 0 Å². The van der Waals surface area contributed by atoms with Gasteiger partial charge in [-0.2, -0.15) is 0 Å². The van der Waals surface area contributed by atoms with Crippen LogP contribution in [0.5, 0.6) is 11.5 Å². The van der Waals surface area contributed by atoms with Crippen molar-refractivity contribution >= 4 is 32.2 Å². The number of methoxy groups -OCH3 is 2. The molecular weight excluding hydrogens is 501 g/mol. The second kappa shape index (κ2) is 11.0. The summed E-state index contributed by atoms with van der Waals surface area (Å²) in [5, 5.41) is 5.20. The second-order valence-electron chi connectivity index (χ2n) is 7.98. The van der Waals surface area contributed by atoms with E-state index in [1.54, 1.807) is 56.9 Å². The summed E-state index contributed by atoms with van der Waals surface area (Å²) >= 11 is 1.18. The molecule has 188 valence electrons. The summed E-state index contributed by atoms with van der Waals surface area (Å²) in [6.45, 7) is 1.79. The van der Waals surface area contributed by atoms with E-state index < -0.39 is 16.1 Å². The number of anilines is 2. The molecular formula is C26H26FN3O4S2. The highest BCUT2D eigenvalue weighted by atomic mass is 32.2. The monoisotopic (exact) mass is 527 g/mol. The lowest BCUT2D eigenvalue weighted by Gasteiger charge is -2.22. The van der Waals surface area contributed by atoms with Crippen LogP contribution in [0.3, 0.4) is 0 Å². The van der Waals surface area contributed by atoms with Crippen LogP contribution in [0.4, 0.5) is 15.2 Å². The molecule has 7 nitrogen and oxygen atoms in total. The molecule has 4 rings (SSSR count). The molecule has 1 atom stereocenters. The van der Waals surface area contributed by atoms with Gasteiger partial charge >= 0.3 is 0 Å². The molecule has 0 aliphatic carbocycles. The molecule has 0 spiro atoms. The van der Waals surface area contributed by atoms with Crippen molar-refractivity contribution in [3.8, 4) is 11.5 Å². The van der Waals surface area contributed by atoms with Crippen molar-refractivity contribution in [3.63, 3.8) is 0 Å². The van der Waals surface area contributed by atoms with Crippen LogP contribution in [0.15, 0.2) is 77.1 Å². The predicted molar refractivity (Wildman–Crippen MR) is 140 cm³/mol. The number of nitrogens with zero attached hydrogens (tertiary/aromatic N) is 1. The second-order valence-corrected chi connectivity index (χ2v) is 10.5. The van der Waals surface area contributed by atoms with E-state index in [2.05, 4.69) is 15.0 Å². The Kier molecular flexibility index (Phi) is 7.76. The highest BCUT2D eigenvalue weighted by Gasteiger charge is 2.24. The first kappa shape index (κ1) is 25.5. The highest BCUT2D eigenvalue weighted by molar-refractivity contribution is 7.93. The third kappa shape index (κ3) is 5.60. The quantitative estimate of drug-likeness (QED) is 0.268. The fourth-order valence-electron chi connectivity index (χ4n) is 3.88. The van der Waals surface area contributed by atoms with Crippen LogP contribution in [0.25, 0.3) is 0 Å². The van der Waals surface area contributed by atoms with Gasteiger partial charge in [-0.25, -0.2) is 17.8 Å². The minimum absolute atomic E-state index is 0.0332. The largest absolute Gasteiger partial charge is 0.497 e. The van der Waals surface area contributed by atoms with Crippen LogP contribution in [0, 0.1) is 5.82 Å². The molecule has 0 aliphatic heterocycles. The Labute approximate surface area is 214 Å². The number of para-hydroxylation sites is 1. The van der Waals surface area contributed by atoms with Crippen LogP contribution in [-0.2, 0) is 16.4 Å². The first-order chi connectivity index (χ1) is 17.3. The summed E-state index contributed by atoms with van der Waals surface area (Å²) in [5.41, 5.74) is 2.33. The smallest absolute Gasteiger partial charge is 0.265 e. The average Bonchev–Trinajstić information content (AvgIpc) is 3.37. The van der Waals surface area contributed by atoms with Crippen molar-refractivity contribution < 1.29 is 22.3 Å². The van der Waals surface area contributed by atoms with Crippen LogP contribution >= 0.6 is 11.3 Å². The minimum atomic E-state index is -4.00. The molecule has 1 heterocycles. The number of thiazole rings is 1. The number of rotatable bonds is 10. The topological polar surface area (TPSA) is 89.6 Å². The maximum Gasteiger partial charge on any atom is 0.265 e. The van der Waals surface area contributed by atoms with Crippen LogP contribution in [0.1, 0.15) is 29.7 Å². The molecule has 10 heteroatoms. The normalized spacial score (nSPS) is 12.1. The average molecular weight is 528 g/mol. The summed E-state index contributed by atoms with van der Waals surface area (Å²) in [6, 6.07) is 16.4. The molecule has 2 N–H and O–H groups in total. The SMILES string of the molecule is COc1ccc(Cc2cccc(S(=O)(=O)Nc3nccs3)c2NC(C)c2ccccc2F)c(OC)c1. The van der Waals surface area contributed by atoms with Crippen molar-refractivity contribution in [2.45, 2.75) is 24.3 Å². The van der Waals surface area contributed by atoms with E-state index in [4.69, 9.17) is 9.47 Å². The standard InChI is InChI=1S/C26H26FN3O4S2/c1-17(21-8-4-5-9-22(21)27)29-25-19(15-18-11-12-20(33-2)16-23(18)34-3)7-6-10-24(25)36(31,32)30-26-28-13-14-35-26/h4-14,16-17,29H,15H2,1-3H3,(H,28,30). The Morgan fingerprint density at radius 3 is 2.53 bits per heavy atom. The molecule has 1 aromatic heterocycles. The first-order valence-electron chi connectivity index (χ1n) is 11.1. The molecule has 0 fully saturated rings. The van der Waals surface area contributed by atoms with Gasteiger partial charge in [-0.15, -0.1) is 11.3 Å². The number of ether oxygens (including phenoxy) is 2. The van der Waals surface area contributed by atoms with Crippen molar-refractivity contribution in [2.75, 3.05) is 24.3 Å². The summed E-state index contributed by atoms with van der Waals surface area (Å²) in [7, 11) is -0.863. The van der Waals surface area contributed by atoms with Crippen molar-refractivity contribution in [1.82, 2.24) is 4.98 Å². The summed E-state index contributed by atoms with van der Waals surface area (Å²) < 4.78 is 54.7. The van der Waals surface area contributed by atoms with Crippen molar-refractivity contribution in [2.24, 2.45) is 0 Å². The van der Waals surface area contributed by atoms with Crippen LogP contribution < -0.4 is 19.5 Å². The molecule has 3 aromatic carbocycles. The van der Waals surface area contributed by atoms with E-state index in [0.717, 1.165) is 5.56 Å². The van der Waals surface area contributed by atoms with Crippen LogP contribution in [-0.4, -0.2) is 27.6 Å². The molecule has 0 saturated carbocycles. The molecule has 0 amide bonds. The van der Waals surface area contributed by atoms with E-state index in [1.807, 2.05) is 18.2 Å². The van der Waals surface area contributed by atoms with Gasteiger partial charge in [0.1, 0.15) is 22.2 Å². The maximum atomic E-state index is 14.5. The number of benzene rings is 3. The highest BCUT2D eigenvalue weighted by Crippen LogP contribution is 2.35. The van der Waals surface area contributed by atoms with Gasteiger partial charge in [0.15, 0.2) is 5.13 Å². The lowest BCUT2D eigenvalue weighted by molar-refractivity contribution is 0.391. The molecule has 1 unspecified atom stereocenters. The molecule has 0 saturated heterocycles. The molecule has 36 heavy (non-hydrogen) atoms. The Hall–Kier alpha value is -3.63. The zero-order valence-corrected chi connectivity index (χ0v) is 21.6. The number of sulfonamides is 1. The third-order valence-electron chi connectivity index (χ3n) is 5.66. The van der Waals surface area contributed by atoms with Crippen molar-refractivity contribution in [1.29, 1.82) is 0 Å². The zero-order valence-electron chi connectivity index (χ0n) is 20.0. The maximum absolute atomic E-state index is 14.5. The lowest BCUT2D eigenvalue weighted by Crippen LogP contribution is -2.18. The molecule has 0 radical (unpaired) electrons. The fourth-order valence-corrected chi connectivity index (χ4v) is 5.88. The zero-order chi connectivity index (χ0) is 25.7. The van der Waals surface area contributed by atoms with Gasteiger partial charge in [-0.3, -0.25) is 4.72 Å². The van der Waals surface area contributed by atoms with Gasteiger partial charge in [0.05, 0.1) is 25.9 Å². The Morgan fingerprint density at radius 1 is 1.03 bits per heavy atom. The number of hydrogen-bond donors (Lipinski definition) is 2. The minimum Gasteiger partial charge on any atom is -0.497 e. The number of aromatic nitrogens is 1. The predicted octanol–water partition coefficient (Wildman–Crippen LogP) is 5.86. The number of nitrogens with one attached hydrogen (secondary N) is 2. The Bertz CT molecular complexity index is 1440. The van der Waals surface area contributed by atoms with Gasteiger partial charge in [0.2, 0.25) is 0 Å². The molecule has 0 aliphatic rings. The van der Waals surface area contributed by atoms with Gasteiger partial charge < -0.3 is 14.8 Å². The summed E-state index contributed by atoms with van der Waals surface area (Å²) in [4.78, 5) is 4.07. The Morgan fingerprint density at radius 2 is 1.83 bits per heavy atom. The lowest BCUT2D eigenvalue weighted by atomic mass is 10.0. The van der Waals surface area contributed by atoms with E-state index >= 15 is 0 Å². The van der Waals surface area contributed by atoms with Gasteiger partial charge in [-0.05, 0) is 36.2 Å². The summed E-state index contributed by atoms with van der Waals surface area (Å²) in [5.74, 6) is 0.875. The Balaban J connectivity index is 1.79. The van der Waals surface area contributed by atoms with E-state index in [0.29, 0.717) is 34.7 Å². The van der Waals surface area contributed by atoms with E-state index in [1.165, 1.54) is 29.7 Å².